The van der Waals surface area contributed by atoms with Gasteiger partial charge in [0.15, 0.2) is 0 Å². The molecular weight excluding hydrogens is 202 g/mol. The van der Waals surface area contributed by atoms with Crippen LogP contribution in [0.4, 0.5) is 5.69 Å². The Hall–Kier alpha value is -1.29. The Morgan fingerprint density at radius 1 is 1.79 bits per heavy atom. The molecule has 0 aliphatic heterocycles. The normalized spacial score (nSPS) is 9.86. The highest BCUT2D eigenvalue weighted by Gasteiger charge is 2.02. The fraction of sp³-hybridized carbons (Fsp3) is 0.333. The zero-order chi connectivity index (χ0) is 10.6. The van der Waals surface area contributed by atoms with E-state index >= 15 is 0 Å². The molecule has 1 aromatic rings. The van der Waals surface area contributed by atoms with E-state index in [4.69, 9.17) is 11.6 Å². The number of halogens is 1. The largest absolute Gasteiger partial charge is 0.322 e. The highest BCUT2D eigenvalue weighted by Crippen LogP contribution is 2.06. The molecule has 1 N–H and O–H groups in total. The first-order valence-electron chi connectivity index (χ1n) is 4.14. The number of anilines is 1. The number of carbonyl (C=O) groups is 1. The molecule has 1 rings (SSSR count). The second-order valence-electron chi connectivity index (χ2n) is 3.07. The number of alkyl halides is 1. The van der Waals surface area contributed by atoms with Crippen LogP contribution in [-0.4, -0.2) is 21.6 Å². The van der Waals surface area contributed by atoms with Gasteiger partial charge < -0.3 is 5.32 Å². The number of hydrogen-bond donors (Lipinski definition) is 1. The zero-order valence-electron chi connectivity index (χ0n) is 7.96. The number of hydrogen-bond acceptors (Lipinski definition) is 2. The van der Waals surface area contributed by atoms with Crippen LogP contribution in [0.2, 0.25) is 0 Å². The lowest BCUT2D eigenvalue weighted by Crippen LogP contribution is -2.11. The molecule has 0 atom stereocenters. The van der Waals surface area contributed by atoms with Gasteiger partial charge in [-0.05, 0) is 6.92 Å². The maximum Gasteiger partial charge on any atom is 0.239 e. The highest BCUT2D eigenvalue weighted by atomic mass is 35.5. The van der Waals surface area contributed by atoms with E-state index in [0.29, 0.717) is 12.2 Å². The molecule has 0 spiro atoms. The van der Waals surface area contributed by atoms with Crippen LogP contribution in [0.25, 0.3) is 0 Å². The summed E-state index contributed by atoms with van der Waals surface area (Å²) in [6, 6.07) is 0. The van der Waals surface area contributed by atoms with Crippen LogP contribution in [0.1, 0.15) is 6.92 Å². The minimum Gasteiger partial charge on any atom is -0.322 e. The maximum absolute atomic E-state index is 10.9. The summed E-state index contributed by atoms with van der Waals surface area (Å²) in [5.41, 5.74) is 1.65. The molecule has 0 fully saturated rings. The summed E-state index contributed by atoms with van der Waals surface area (Å²) in [6.07, 6.45) is 3.31. The van der Waals surface area contributed by atoms with E-state index in [1.807, 2.05) is 6.92 Å². The molecule has 4 nitrogen and oxygen atoms in total. The summed E-state index contributed by atoms with van der Waals surface area (Å²) >= 11 is 5.34. The third kappa shape index (κ3) is 3.22. The molecule has 1 aromatic heterocycles. The highest BCUT2D eigenvalue weighted by molar-refractivity contribution is 6.29. The fourth-order valence-corrected chi connectivity index (χ4v) is 1.05. The summed E-state index contributed by atoms with van der Waals surface area (Å²) in [5, 5.41) is 6.64. The molecule has 5 heteroatoms. The Morgan fingerprint density at radius 2 is 2.50 bits per heavy atom. The lowest BCUT2D eigenvalue weighted by molar-refractivity contribution is -0.113. The van der Waals surface area contributed by atoms with Gasteiger partial charge in [0.2, 0.25) is 5.91 Å². The van der Waals surface area contributed by atoms with Crippen LogP contribution in [0.15, 0.2) is 24.5 Å². The fourth-order valence-electron chi connectivity index (χ4n) is 0.986. The third-order valence-corrected chi connectivity index (χ3v) is 1.71. The van der Waals surface area contributed by atoms with E-state index in [1.165, 1.54) is 0 Å². The van der Waals surface area contributed by atoms with Crippen molar-refractivity contribution in [3.63, 3.8) is 0 Å². The molecule has 1 amide bonds. The van der Waals surface area contributed by atoms with Crippen LogP contribution in [-0.2, 0) is 11.3 Å². The summed E-state index contributed by atoms with van der Waals surface area (Å²) in [5.74, 6) is -0.285. The third-order valence-electron chi connectivity index (χ3n) is 1.47. The van der Waals surface area contributed by atoms with Gasteiger partial charge in [-0.3, -0.25) is 9.48 Å². The van der Waals surface area contributed by atoms with Crippen molar-refractivity contribution in [2.24, 2.45) is 0 Å². The van der Waals surface area contributed by atoms with Crippen molar-refractivity contribution >= 4 is 23.2 Å². The Labute approximate surface area is 87.6 Å². The van der Waals surface area contributed by atoms with Gasteiger partial charge in [0.05, 0.1) is 18.4 Å². The van der Waals surface area contributed by atoms with Gasteiger partial charge in [0.1, 0.15) is 5.88 Å². The van der Waals surface area contributed by atoms with Gasteiger partial charge in [-0.25, -0.2) is 0 Å². The van der Waals surface area contributed by atoms with Crippen LogP contribution < -0.4 is 5.32 Å². The average molecular weight is 214 g/mol. The van der Waals surface area contributed by atoms with Gasteiger partial charge in [0, 0.05) is 6.20 Å². The van der Waals surface area contributed by atoms with Crippen molar-refractivity contribution in [1.82, 2.24) is 9.78 Å². The first-order chi connectivity index (χ1) is 6.61. The zero-order valence-corrected chi connectivity index (χ0v) is 8.71. The van der Waals surface area contributed by atoms with Gasteiger partial charge in [-0.2, -0.15) is 5.10 Å². The summed E-state index contributed by atoms with van der Waals surface area (Å²) in [6.45, 7) is 6.33. The van der Waals surface area contributed by atoms with E-state index in [2.05, 4.69) is 17.0 Å². The summed E-state index contributed by atoms with van der Waals surface area (Å²) in [7, 11) is 0. The Balaban J connectivity index is 2.59. The van der Waals surface area contributed by atoms with E-state index in [-0.39, 0.29) is 11.8 Å². The molecule has 0 bridgehead atoms. The van der Waals surface area contributed by atoms with Crippen LogP contribution >= 0.6 is 11.6 Å². The predicted octanol–water partition coefficient (Wildman–Crippen LogP) is 1.64. The van der Waals surface area contributed by atoms with Crippen molar-refractivity contribution in [2.45, 2.75) is 13.5 Å². The van der Waals surface area contributed by atoms with Gasteiger partial charge in [0.25, 0.3) is 0 Å². The lowest BCUT2D eigenvalue weighted by Gasteiger charge is -1.99. The second kappa shape index (κ2) is 4.81. The SMILES string of the molecule is C=C(C)Cn1cc(NC(=O)CCl)cn1. The van der Waals surface area contributed by atoms with E-state index in [1.54, 1.807) is 17.1 Å². The van der Waals surface area contributed by atoms with E-state index < -0.39 is 0 Å². The number of allylic oxidation sites excluding steroid dienone is 1. The molecule has 0 saturated carbocycles. The van der Waals surface area contributed by atoms with E-state index in [9.17, 15) is 4.79 Å². The topological polar surface area (TPSA) is 46.9 Å². The Morgan fingerprint density at radius 3 is 3.07 bits per heavy atom. The number of carbonyl (C=O) groups excluding carboxylic acids is 1. The molecule has 76 valence electrons. The lowest BCUT2D eigenvalue weighted by atomic mass is 10.3. The van der Waals surface area contributed by atoms with Gasteiger partial charge in [-0.1, -0.05) is 12.2 Å². The maximum atomic E-state index is 10.9. The Kier molecular flexibility index (Phi) is 3.71. The van der Waals surface area contributed by atoms with Crippen LogP contribution in [0.3, 0.4) is 0 Å². The van der Waals surface area contributed by atoms with Crippen molar-refractivity contribution in [3.8, 4) is 0 Å². The van der Waals surface area contributed by atoms with Gasteiger partial charge >= 0.3 is 0 Å². The second-order valence-corrected chi connectivity index (χ2v) is 3.33. The summed E-state index contributed by atoms with van der Waals surface area (Å²) < 4.78 is 1.70. The number of rotatable bonds is 4. The van der Waals surface area contributed by atoms with Crippen molar-refractivity contribution in [3.05, 3.63) is 24.5 Å². The van der Waals surface area contributed by atoms with Crippen LogP contribution in [0, 0.1) is 0 Å². The predicted molar refractivity (Wildman–Crippen MR) is 56.4 cm³/mol. The van der Waals surface area contributed by atoms with Crippen molar-refractivity contribution in [1.29, 1.82) is 0 Å². The number of nitrogens with zero attached hydrogens (tertiary/aromatic N) is 2. The van der Waals surface area contributed by atoms with E-state index in [0.717, 1.165) is 5.57 Å². The molecule has 0 aliphatic carbocycles. The first-order valence-corrected chi connectivity index (χ1v) is 4.68. The monoisotopic (exact) mass is 213 g/mol. The van der Waals surface area contributed by atoms with Crippen molar-refractivity contribution in [2.75, 3.05) is 11.2 Å². The molecular formula is C9H12ClN3O. The van der Waals surface area contributed by atoms with Crippen LogP contribution in [0.5, 0.6) is 0 Å². The summed E-state index contributed by atoms with van der Waals surface area (Å²) in [4.78, 5) is 10.9. The minimum absolute atomic E-state index is 0.0499. The molecule has 0 unspecified atom stereocenters. The quantitative estimate of drug-likeness (QED) is 0.611. The van der Waals surface area contributed by atoms with Gasteiger partial charge in [-0.15, -0.1) is 11.6 Å². The number of aromatic nitrogens is 2. The number of nitrogens with one attached hydrogen (secondary N) is 1. The smallest absolute Gasteiger partial charge is 0.239 e. The minimum atomic E-state index is -0.235. The molecule has 14 heavy (non-hydrogen) atoms. The molecule has 0 radical (unpaired) electrons. The first kappa shape index (κ1) is 10.8. The van der Waals surface area contributed by atoms with Crippen molar-refractivity contribution < 1.29 is 4.79 Å². The number of amides is 1. The molecule has 0 saturated heterocycles. The Bertz CT molecular complexity index is 346. The molecule has 0 aromatic carbocycles. The molecule has 0 aliphatic rings. The standard InChI is InChI=1S/C9H12ClN3O/c1-7(2)5-13-6-8(4-11-13)12-9(14)3-10/h4,6H,1,3,5H2,2H3,(H,12,14). The average Bonchev–Trinajstić information content (AvgIpc) is 2.51. The molecule has 1 heterocycles.